The summed E-state index contributed by atoms with van der Waals surface area (Å²) in [6.07, 6.45) is 1.78. The molecule has 0 saturated heterocycles. The van der Waals surface area contributed by atoms with Gasteiger partial charge in [-0.3, -0.25) is 0 Å². The first-order valence-electron chi connectivity index (χ1n) is 5.71. The first-order chi connectivity index (χ1) is 8.06. The molecule has 17 heavy (non-hydrogen) atoms. The lowest BCUT2D eigenvalue weighted by Crippen LogP contribution is -2.05. The number of allylic oxidation sites excluding steroid dienone is 1. The van der Waals surface area contributed by atoms with Crippen molar-refractivity contribution in [2.24, 2.45) is 5.92 Å². The van der Waals surface area contributed by atoms with E-state index in [9.17, 15) is 0 Å². The molecule has 0 aliphatic rings. The fourth-order valence-corrected chi connectivity index (χ4v) is 1.36. The summed E-state index contributed by atoms with van der Waals surface area (Å²) in [6, 6.07) is 7.70. The van der Waals surface area contributed by atoms with Crippen molar-refractivity contribution in [3.8, 4) is 11.8 Å². The van der Waals surface area contributed by atoms with Crippen LogP contribution in [0.4, 0.5) is 0 Å². The molecule has 1 aromatic carbocycles. The van der Waals surface area contributed by atoms with Gasteiger partial charge in [0.05, 0.1) is 18.2 Å². The number of rotatable bonds is 5. The Labute approximate surface area is 104 Å². The predicted molar refractivity (Wildman–Crippen MR) is 69.7 cm³/mol. The largest absolute Gasteiger partial charge is 0.493 e. The fourth-order valence-electron chi connectivity index (χ4n) is 1.36. The van der Waals surface area contributed by atoms with E-state index in [2.05, 4.69) is 26.5 Å². The molecule has 1 radical (unpaired) electrons. The minimum absolute atomic E-state index is 0.466. The Morgan fingerprint density at radius 1 is 1.47 bits per heavy atom. The second-order valence-electron chi connectivity index (χ2n) is 4.45. The molecule has 1 aromatic rings. The first-order valence-corrected chi connectivity index (χ1v) is 5.71. The molecule has 0 aliphatic heterocycles. The summed E-state index contributed by atoms with van der Waals surface area (Å²) < 4.78 is 5.65. The second-order valence-corrected chi connectivity index (χ2v) is 4.45. The van der Waals surface area contributed by atoms with Crippen LogP contribution in [0.5, 0.6) is 5.75 Å². The summed E-state index contributed by atoms with van der Waals surface area (Å²) in [7, 11) is 0. The average molecular weight is 228 g/mol. The summed E-state index contributed by atoms with van der Waals surface area (Å²) in [4.78, 5) is 0. The third kappa shape index (κ3) is 3.96. The maximum absolute atomic E-state index is 8.98. The molecule has 0 aliphatic carbocycles. The summed E-state index contributed by atoms with van der Waals surface area (Å²) in [5.74, 6) is 2.25. The highest BCUT2D eigenvalue weighted by atomic mass is 16.5. The number of nitrogens with zero attached hydrogens (tertiary/aromatic N) is 1. The lowest BCUT2D eigenvalue weighted by molar-refractivity contribution is 0.271. The highest BCUT2D eigenvalue weighted by Crippen LogP contribution is 2.23. The van der Waals surface area contributed by atoms with Crippen LogP contribution in [0.15, 0.2) is 30.9 Å². The van der Waals surface area contributed by atoms with E-state index in [0.717, 1.165) is 17.2 Å². The SMILES string of the molecule is C=C[C](C)c1cc(C#N)cc(OCC(C)C)c1. The zero-order chi connectivity index (χ0) is 12.8. The Morgan fingerprint density at radius 2 is 2.18 bits per heavy atom. The minimum Gasteiger partial charge on any atom is -0.493 e. The highest BCUT2D eigenvalue weighted by molar-refractivity contribution is 5.47. The minimum atomic E-state index is 0.466. The van der Waals surface area contributed by atoms with Crippen LogP contribution in [0.2, 0.25) is 0 Å². The van der Waals surface area contributed by atoms with Crippen LogP contribution < -0.4 is 4.74 Å². The maximum atomic E-state index is 8.98. The number of hydrogen-bond acceptors (Lipinski definition) is 2. The first kappa shape index (κ1) is 13.3. The number of benzene rings is 1. The van der Waals surface area contributed by atoms with Crippen molar-refractivity contribution in [3.63, 3.8) is 0 Å². The molecular formula is C15H18NO. The van der Waals surface area contributed by atoms with Gasteiger partial charge < -0.3 is 4.74 Å². The Balaban J connectivity index is 2.97. The Morgan fingerprint density at radius 3 is 2.71 bits per heavy atom. The summed E-state index contributed by atoms with van der Waals surface area (Å²) in [5.41, 5.74) is 1.60. The molecule has 0 amide bonds. The quantitative estimate of drug-likeness (QED) is 0.769. The van der Waals surface area contributed by atoms with E-state index in [1.807, 2.05) is 19.1 Å². The van der Waals surface area contributed by atoms with E-state index in [0.29, 0.717) is 18.1 Å². The lowest BCUT2D eigenvalue weighted by atomic mass is 9.99. The highest BCUT2D eigenvalue weighted by Gasteiger charge is 2.07. The predicted octanol–water partition coefficient (Wildman–Crippen LogP) is 3.72. The Kier molecular flexibility index (Phi) is 4.78. The Hall–Kier alpha value is -1.75. The van der Waals surface area contributed by atoms with Gasteiger partial charge in [0.25, 0.3) is 0 Å². The van der Waals surface area contributed by atoms with Crippen LogP contribution >= 0.6 is 0 Å². The van der Waals surface area contributed by atoms with E-state index < -0.39 is 0 Å². The molecule has 0 N–H and O–H groups in total. The molecule has 0 heterocycles. The normalized spacial score (nSPS) is 10.4. The van der Waals surface area contributed by atoms with E-state index in [-0.39, 0.29) is 0 Å². The van der Waals surface area contributed by atoms with E-state index >= 15 is 0 Å². The number of hydrogen-bond donors (Lipinski definition) is 0. The third-order valence-electron chi connectivity index (χ3n) is 2.38. The summed E-state index contributed by atoms with van der Waals surface area (Å²) in [6.45, 7) is 10.5. The van der Waals surface area contributed by atoms with Crippen molar-refractivity contribution in [3.05, 3.63) is 47.9 Å². The maximum Gasteiger partial charge on any atom is 0.120 e. The zero-order valence-corrected chi connectivity index (χ0v) is 10.7. The topological polar surface area (TPSA) is 33.0 Å². The van der Waals surface area contributed by atoms with E-state index in [1.165, 1.54) is 0 Å². The molecule has 0 aromatic heterocycles. The molecule has 0 atom stereocenters. The van der Waals surface area contributed by atoms with Gasteiger partial charge in [-0.2, -0.15) is 5.26 Å². The molecular weight excluding hydrogens is 210 g/mol. The molecule has 2 nitrogen and oxygen atoms in total. The van der Waals surface area contributed by atoms with Gasteiger partial charge in [-0.1, -0.05) is 26.8 Å². The van der Waals surface area contributed by atoms with Gasteiger partial charge in [0, 0.05) is 5.92 Å². The van der Waals surface area contributed by atoms with Crippen LogP contribution in [0.3, 0.4) is 0 Å². The van der Waals surface area contributed by atoms with Gasteiger partial charge in [-0.15, -0.1) is 6.58 Å². The summed E-state index contributed by atoms with van der Waals surface area (Å²) >= 11 is 0. The van der Waals surface area contributed by atoms with Crippen molar-refractivity contribution in [2.45, 2.75) is 20.8 Å². The van der Waals surface area contributed by atoms with Crippen LogP contribution in [-0.2, 0) is 0 Å². The monoisotopic (exact) mass is 228 g/mol. The molecule has 89 valence electrons. The van der Waals surface area contributed by atoms with Gasteiger partial charge >= 0.3 is 0 Å². The van der Waals surface area contributed by atoms with Gasteiger partial charge in [0.2, 0.25) is 0 Å². The lowest BCUT2D eigenvalue weighted by Gasteiger charge is -2.12. The third-order valence-corrected chi connectivity index (χ3v) is 2.38. The van der Waals surface area contributed by atoms with Crippen molar-refractivity contribution in [1.82, 2.24) is 0 Å². The smallest absolute Gasteiger partial charge is 0.120 e. The van der Waals surface area contributed by atoms with Gasteiger partial charge in [0.1, 0.15) is 5.75 Å². The number of ether oxygens (including phenoxy) is 1. The van der Waals surface area contributed by atoms with Crippen LogP contribution in [0, 0.1) is 23.2 Å². The van der Waals surface area contributed by atoms with Gasteiger partial charge in [-0.05, 0) is 29.7 Å². The van der Waals surface area contributed by atoms with Crippen molar-refractivity contribution >= 4 is 0 Å². The van der Waals surface area contributed by atoms with Crippen molar-refractivity contribution in [2.75, 3.05) is 6.61 Å². The second kappa shape index (κ2) is 6.10. The summed E-state index contributed by atoms with van der Waals surface area (Å²) in [5, 5.41) is 8.98. The molecule has 0 saturated carbocycles. The molecule has 0 fully saturated rings. The standard InChI is InChI=1S/C15H18NO/c1-5-12(4)14-6-13(9-16)7-15(8-14)17-10-11(2)3/h5-8,11H,1,10H2,2-4H3. The van der Waals surface area contributed by atoms with Gasteiger partial charge in [0.15, 0.2) is 0 Å². The fraction of sp³-hybridized carbons (Fsp3) is 0.333. The van der Waals surface area contributed by atoms with E-state index in [1.54, 1.807) is 12.1 Å². The average Bonchev–Trinajstić information content (AvgIpc) is 2.34. The van der Waals surface area contributed by atoms with Crippen molar-refractivity contribution in [1.29, 1.82) is 5.26 Å². The van der Waals surface area contributed by atoms with Crippen LogP contribution in [0.1, 0.15) is 31.9 Å². The molecule has 2 heteroatoms. The molecule has 0 spiro atoms. The number of nitriles is 1. The Bertz CT molecular complexity index is 429. The van der Waals surface area contributed by atoms with E-state index in [4.69, 9.17) is 10.00 Å². The van der Waals surface area contributed by atoms with Crippen LogP contribution in [-0.4, -0.2) is 6.61 Å². The van der Waals surface area contributed by atoms with Gasteiger partial charge in [-0.25, -0.2) is 0 Å². The molecule has 0 unspecified atom stereocenters. The zero-order valence-electron chi connectivity index (χ0n) is 10.7. The van der Waals surface area contributed by atoms with Crippen LogP contribution in [0.25, 0.3) is 0 Å². The van der Waals surface area contributed by atoms with Crippen molar-refractivity contribution < 1.29 is 4.74 Å². The molecule has 0 bridgehead atoms. The molecule has 1 rings (SSSR count).